The highest BCUT2D eigenvalue weighted by atomic mass is 19.4. The standard InChI is InChI=1S/C21H21F3N6O2/c22-21(23,24)6-4-19(31)26-9-13-8-18-29-14(12-30(18)28-10-13)11-27-20(32)16-5-7-25-17-3-1-2-15(16)17/h5,7-8,10,12H,1-4,6,9,11H2,(H,26,31)(H,27,32). The van der Waals surface area contributed by atoms with Crippen molar-refractivity contribution < 1.29 is 22.8 Å². The van der Waals surface area contributed by atoms with Crippen LogP contribution in [0.15, 0.2) is 30.7 Å². The Hall–Kier alpha value is -3.50. The number of aromatic nitrogens is 4. The molecule has 0 bridgehead atoms. The van der Waals surface area contributed by atoms with E-state index in [-0.39, 0.29) is 19.0 Å². The maximum atomic E-state index is 12.6. The van der Waals surface area contributed by atoms with E-state index >= 15 is 0 Å². The Balaban J connectivity index is 1.34. The van der Waals surface area contributed by atoms with E-state index in [1.165, 1.54) is 10.7 Å². The van der Waals surface area contributed by atoms with Gasteiger partial charge in [-0.2, -0.15) is 18.3 Å². The molecule has 32 heavy (non-hydrogen) atoms. The van der Waals surface area contributed by atoms with Crippen molar-refractivity contribution >= 4 is 17.5 Å². The quantitative estimate of drug-likeness (QED) is 0.581. The second-order valence-electron chi connectivity index (χ2n) is 7.61. The van der Waals surface area contributed by atoms with Gasteiger partial charge in [0.05, 0.1) is 31.1 Å². The molecular formula is C21H21F3N6O2. The summed E-state index contributed by atoms with van der Waals surface area (Å²) < 4.78 is 38.1. The van der Waals surface area contributed by atoms with Crippen LogP contribution >= 0.6 is 0 Å². The van der Waals surface area contributed by atoms with Gasteiger partial charge in [-0.15, -0.1) is 0 Å². The molecule has 0 radical (unpaired) electrons. The fourth-order valence-electron chi connectivity index (χ4n) is 3.63. The maximum absolute atomic E-state index is 12.6. The fraction of sp³-hybridized carbons (Fsp3) is 0.381. The molecule has 0 unspecified atom stereocenters. The van der Waals surface area contributed by atoms with Gasteiger partial charge in [0.25, 0.3) is 5.91 Å². The molecule has 11 heteroatoms. The van der Waals surface area contributed by atoms with Gasteiger partial charge >= 0.3 is 6.18 Å². The molecule has 168 valence electrons. The van der Waals surface area contributed by atoms with E-state index in [2.05, 4.69) is 25.7 Å². The Morgan fingerprint density at radius 2 is 2.00 bits per heavy atom. The first-order valence-corrected chi connectivity index (χ1v) is 10.2. The summed E-state index contributed by atoms with van der Waals surface area (Å²) in [5.41, 5.74) is 4.32. The van der Waals surface area contributed by atoms with Crippen LogP contribution in [0.5, 0.6) is 0 Å². The van der Waals surface area contributed by atoms with Crippen LogP contribution in [0.25, 0.3) is 5.65 Å². The summed E-state index contributed by atoms with van der Waals surface area (Å²) in [7, 11) is 0. The fourth-order valence-corrected chi connectivity index (χ4v) is 3.63. The molecule has 0 fully saturated rings. The smallest absolute Gasteiger partial charge is 0.352 e. The van der Waals surface area contributed by atoms with Gasteiger partial charge in [-0.1, -0.05) is 0 Å². The summed E-state index contributed by atoms with van der Waals surface area (Å²) in [5.74, 6) is -0.866. The molecule has 4 rings (SSSR count). The third-order valence-electron chi connectivity index (χ3n) is 5.21. The van der Waals surface area contributed by atoms with Gasteiger partial charge in [-0.3, -0.25) is 14.6 Å². The zero-order chi connectivity index (χ0) is 22.7. The summed E-state index contributed by atoms with van der Waals surface area (Å²) in [6.07, 6.45) is 1.42. The van der Waals surface area contributed by atoms with Crippen LogP contribution in [0.2, 0.25) is 0 Å². The molecule has 2 amide bonds. The second kappa shape index (κ2) is 8.93. The minimum atomic E-state index is -4.36. The normalized spacial score (nSPS) is 13.2. The Bertz CT molecular complexity index is 1160. The van der Waals surface area contributed by atoms with Crippen molar-refractivity contribution in [1.82, 2.24) is 30.2 Å². The molecule has 0 saturated heterocycles. The van der Waals surface area contributed by atoms with Gasteiger partial charge in [0.15, 0.2) is 5.65 Å². The number of rotatable bonds is 7. The predicted molar refractivity (Wildman–Crippen MR) is 108 cm³/mol. The van der Waals surface area contributed by atoms with Gasteiger partial charge in [-0.25, -0.2) is 9.50 Å². The topological polar surface area (TPSA) is 101 Å². The monoisotopic (exact) mass is 446 g/mol. The first kappa shape index (κ1) is 21.7. The molecule has 0 spiro atoms. The average Bonchev–Trinajstić information content (AvgIpc) is 3.40. The van der Waals surface area contributed by atoms with Crippen molar-refractivity contribution in [2.45, 2.75) is 51.4 Å². The van der Waals surface area contributed by atoms with Crippen LogP contribution in [0.1, 0.15) is 52.1 Å². The molecule has 3 heterocycles. The van der Waals surface area contributed by atoms with E-state index in [4.69, 9.17) is 0 Å². The van der Waals surface area contributed by atoms with Crippen molar-refractivity contribution in [3.8, 4) is 0 Å². The zero-order valence-corrected chi connectivity index (χ0v) is 17.1. The summed E-state index contributed by atoms with van der Waals surface area (Å²) in [4.78, 5) is 32.9. The van der Waals surface area contributed by atoms with Gasteiger partial charge in [0.2, 0.25) is 5.91 Å². The number of hydrogen-bond donors (Lipinski definition) is 2. The molecule has 2 N–H and O–H groups in total. The Kier molecular flexibility index (Phi) is 6.06. The third-order valence-corrected chi connectivity index (χ3v) is 5.21. The van der Waals surface area contributed by atoms with E-state index < -0.39 is 24.9 Å². The zero-order valence-electron chi connectivity index (χ0n) is 17.1. The van der Waals surface area contributed by atoms with Crippen molar-refractivity contribution in [3.05, 3.63) is 58.8 Å². The molecule has 3 aromatic heterocycles. The number of halogens is 3. The van der Waals surface area contributed by atoms with Gasteiger partial charge in [0.1, 0.15) is 0 Å². The van der Waals surface area contributed by atoms with E-state index in [9.17, 15) is 22.8 Å². The van der Waals surface area contributed by atoms with Gasteiger partial charge in [0, 0.05) is 30.4 Å². The molecule has 0 aliphatic heterocycles. The van der Waals surface area contributed by atoms with Gasteiger partial charge < -0.3 is 10.6 Å². The van der Waals surface area contributed by atoms with Gasteiger partial charge in [-0.05, 0) is 42.5 Å². The number of pyridine rings is 1. The molecule has 0 saturated carbocycles. The highest BCUT2D eigenvalue weighted by Gasteiger charge is 2.27. The maximum Gasteiger partial charge on any atom is 0.389 e. The molecule has 0 atom stereocenters. The lowest BCUT2D eigenvalue weighted by Gasteiger charge is -2.07. The largest absolute Gasteiger partial charge is 0.389 e. The Labute approximate surface area is 181 Å². The van der Waals surface area contributed by atoms with Crippen LogP contribution in [-0.2, 0) is 30.7 Å². The van der Waals surface area contributed by atoms with Crippen LogP contribution in [0.3, 0.4) is 0 Å². The number of imidazole rings is 1. The Morgan fingerprint density at radius 1 is 1.16 bits per heavy atom. The number of carbonyl (C=O) groups excluding carboxylic acids is 2. The van der Waals surface area contributed by atoms with Crippen LogP contribution in [-0.4, -0.2) is 37.6 Å². The number of alkyl halides is 3. The lowest BCUT2D eigenvalue weighted by atomic mass is 10.1. The van der Waals surface area contributed by atoms with Crippen molar-refractivity contribution in [1.29, 1.82) is 0 Å². The lowest BCUT2D eigenvalue weighted by Crippen LogP contribution is -2.24. The highest BCUT2D eigenvalue weighted by Crippen LogP contribution is 2.23. The summed E-state index contributed by atoms with van der Waals surface area (Å²) in [5, 5.41) is 9.51. The average molecular weight is 446 g/mol. The molecule has 1 aliphatic carbocycles. The number of aryl methyl sites for hydroxylation is 1. The van der Waals surface area contributed by atoms with Crippen molar-refractivity contribution in [2.24, 2.45) is 0 Å². The predicted octanol–water partition coefficient (Wildman–Crippen LogP) is 2.50. The summed E-state index contributed by atoms with van der Waals surface area (Å²) >= 11 is 0. The number of nitrogens with zero attached hydrogens (tertiary/aromatic N) is 4. The molecule has 8 nitrogen and oxygen atoms in total. The number of amides is 2. The molecular weight excluding hydrogens is 425 g/mol. The molecule has 3 aromatic rings. The first-order valence-electron chi connectivity index (χ1n) is 10.2. The van der Waals surface area contributed by atoms with Crippen LogP contribution in [0.4, 0.5) is 13.2 Å². The summed E-state index contributed by atoms with van der Waals surface area (Å²) in [6.45, 7) is 0.259. The SMILES string of the molecule is O=C(CCC(F)(F)F)NCc1cnn2cc(CNC(=O)c3ccnc4c3CCC4)nc2c1. The van der Waals surface area contributed by atoms with E-state index in [0.717, 1.165) is 30.5 Å². The highest BCUT2D eigenvalue weighted by molar-refractivity contribution is 5.95. The number of nitrogens with one attached hydrogen (secondary N) is 2. The lowest BCUT2D eigenvalue weighted by molar-refractivity contribution is -0.144. The van der Waals surface area contributed by atoms with Crippen LogP contribution in [0, 0.1) is 0 Å². The number of hydrogen-bond acceptors (Lipinski definition) is 5. The second-order valence-corrected chi connectivity index (χ2v) is 7.61. The number of fused-ring (bicyclic) bond motifs is 2. The minimum Gasteiger partial charge on any atom is -0.352 e. The first-order chi connectivity index (χ1) is 15.3. The van der Waals surface area contributed by atoms with E-state index in [0.29, 0.717) is 22.5 Å². The van der Waals surface area contributed by atoms with Crippen LogP contribution < -0.4 is 10.6 Å². The summed E-state index contributed by atoms with van der Waals surface area (Å²) in [6, 6.07) is 3.40. The third kappa shape index (κ3) is 5.21. The van der Waals surface area contributed by atoms with E-state index in [1.807, 2.05) is 0 Å². The molecule has 1 aliphatic rings. The van der Waals surface area contributed by atoms with Crippen molar-refractivity contribution in [3.63, 3.8) is 0 Å². The number of carbonyl (C=O) groups is 2. The van der Waals surface area contributed by atoms with Crippen molar-refractivity contribution in [2.75, 3.05) is 0 Å². The van der Waals surface area contributed by atoms with E-state index in [1.54, 1.807) is 24.5 Å². The molecule has 0 aromatic carbocycles. The minimum absolute atomic E-state index is 0.0479. The Morgan fingerprint density at radius 3 is 2.81 bits per heavy atom.